The van der Waals surface area contributed by atoms with Gasteiger partial charge in [0.25, 0.3) is 0 Å². The third-order valence-electron chi connectivity index (χ3n) is 3.49. The predicted octanol–water partition coefficient (Wildman–Crippen LogP) is 3.22. The van der Waals surface area contributed by atoms with Crippen molar-refractivity contribution in [3.63, 3.8) is 0 Å². The molecule has 0 bridgehead atoms. The lowest BCUT2D eigenvalue weighted by Crippen LogP contribution is -2.18. The van der Waals surface area contributed by atoms with Gasteiger partial charge in [-0.25, -0.2) is 0 Å². The zero-order valence-corrected chi connectivity index (χ0v) is 12.6. The van der Waals surface area contributed by atoms with E-state index >= 15 is 0 Å². The van der Waals surface area contributed by atoms with Gasteiger partial charge in [-0.1, -0.05) is 42.5 Å². The van der Waals surface area contributed by atoms with Crippen molar-refractivity contribution >= 4 is 11.8 Å². The summed E-state index contributed by atoms with van der Waals surface area (Å²) in [6.45, 7) is 0. The highest BCUT2D eigenvalue weighted by Crippen LogP contribution is 2.25. The van der Waals surface area contributed by atoms with Crippen LogP contribution in [0.15, 0.2) is 54.6 Å². The monoisotopic (exact) mass is 298 g/mol. The van der Waals surface area contributed by atoms with Crippen LogP contribution in [0.5, 0.6) is 5.75 Å². The van der Waals surface area contributed by atoms with E-state index in [1.807, 2.05) is 6.07 Å². The summed E-state index contributed by atoms with van der Waals surface area (Å²) >= 11 is 0. The molecule has 0 aliphatic heterocycles. The average molecular weight is 298 g/mol. The van der Waals surface area contributed by atoms with Gasteiger partial charge in [0, 0.05) is 12.0 Å². The second-order valence-corrected chi connectivity index (χ2v) is 4.84. The Kier molecular flexibility index (Phi) is 5.31. The van der Waals surface area contributed by atoms with E-state index < -0.39 is 11.9 Å². The number of ketones is 1. The fourth-order valence-electron chi connectivity index (χ4n) is 2.24. The lowest BCUT2D eigenvalue weighted by Gasteiger charge is -2.15. The first-order valence-electron chi connectivity index (χ1n) is 6.95. The first-order chi connectivity index (χ1) is 10.7. The number of carbonyl (C=O) groups excluding carboxylic acids is 2. The summed E-state index contributed by atoms with van der Waals surface area (Å²) in [5.41, 5.74) is 1.32. The zero-order chi connectivity index (χ0) is 15.9. The lowest BCUT2D eigenvalue weighted by atomic mass is 9.91. The maximum absolute atomic E-state index is 12.3. The van der Waals surface area contributed by atoms with Gasteiger partial charge >= 0.3 is 5.97 Å². The Bertz CT molecular complexity index is 632. The summed E-state index contributed by atoms with van der Waals surface area (Å²) in [5, 5.41) is 0. The summed E-state index contributed by atoms with van der Waals surface area (Å²) in [5.74, 6) is -0.438. The number of rotatable bonds is 6. The van der Waals surface area contributed by atoms with E-state index in [1.54, 1.807) is 55.6 Å². The van der Waals surface area contributed by atoms with E-state index in [4.69, 9.17) is 9.47 Å². The topological polar surface area (TPSA) is 52.6 Å². The summed E-state index contributed by atoms with van der Waals surface area (Å²) in [4.78, 5) is 24.4. The molecule has 0 spiro atoms. The Morgan fingerprint density at radius 2 is 1.59 bits per heavy atom. The van der Waals surface area contributed by atoms with Crippen LogP contribution in [0.1, 0.15) is 28.3 Å². The molecule has 4 nitrogen and oxygen atoms in total. The lowest BCUT2D eigenvalue weighted by molar-refractivity contribution is -0.142. The Morgan fingerprint density at radius 1 is 0.955 bits per heavy atom. The molecule has 4 heteroatoms. The minimum Gasteiger partial charge on any atom is -0.497 e. The van der Waals surface area contributed by atoms with Crippen LogP contribution in [-0.2, 0) is 9.53 Å². The standard InChI is InChI=1S/C18H18O4/c1-21-15-10-8-13(9-11-15)16(18(20)22-2)12-17(19)14-6-4-3-5-7-14/h3-11,16H,12H2,1-2H3/t16-/m0/s1. The van der Waals surface area contributed by atoms with Gasteiger partial charge in [-0.3, -0.25) is 9.59 Å². The summed E-state index contributed by atoms with van der Waals surface area (Å²) < 4.78 is 9.94. The Labute approximate surface area is 129 Å². The smallest absolute Gasteiger partial charge is 0.313 e. The molecule has 114 valence electrons. The third-order valence-corrected chi connectivity index (χ3v) is 3.49. The van der Waals surface area contributed by atoms with E-state index in [2.05, 4.69) is 0 Å². The van der Waals surface area contributed by atoms with Crippen LogP contribution in [0.4, 0.5) is 0 Å². The molecule has 0 unspecified atom stereocenters. The molecule has 0 aromatic heterocycles. The highest BCUT2D eigenvalue weighted by Gasteiger charge is 2.25. The van der Waals surface area contributed by atoms with Crippen molar-refractivity contribution < 1.29 is 19.1 Å². The van der Waals surface area contributed by atoms with Crippen molar-refractivity contribution in [2.45, 2.75) is 12.3 Å². The SMILES string of the molecule is COC(=O)[C@@H](CC(=O)c1ccccc1)c1ccc(OC)cc1. The number of methoxy groups -OCH3 is 2. The summed E-state index contributed by atoms with van der Waals surface area (Å²) in [6.07, 6.45) is 0.0724. The molecule has 2 aromatic carbocycles. The maximum atomic E-state index is 12.3. The average Bonchev–Trinajstić information content (AvgIpc) is 2.59. The fraction of sp³-hybridized carbons (Fsp3) is 0.222. The van der Waals surface area contributed by atoms with Crippen molar-refractivity contribution in [1.29, 1.82) is 0 Å². The number of carbonyl (C=O) groups is 2. The second-order valence-electron chi connectivity index (χ2n) is 4.84. The van der Waals surface area contributed by atoms with Crippen LogP contribution >= 0.6 is 0 Å². The largest absolute Gasteiger partial charge is 0.497 e. The highest BCUT2D eigenvalue weighted by atomic mass is 16.5. The van der Waals surface area contributed by atoms with E-state index in [1.165, 1.54) is 7.11 Å². The van der Waals surface area contributed by atoms with E-state index in [0.29, 0.717) is 11.3 Å². The first kappa shape index (κ1) is 15.8. The van der Waals surface area contributed by atoms with Crippen LogP contribution < -0.4 is 4.74 Å². The second kappa shape index (κ2) is 7.41. The summed E-state index contributed by atoms with van der Waals surface area (Å²) in [7, 11) is 2.90. The Hall–Kier alpha value is -2.62. The number of Topliss-reactive ketones (excluding diaryl/α,β-unsaturated/α-hetero) is 1. The van der Waals surface area contributed by atoms with Gasteiger partial charge < -0.3 is 9.47 Å². The molecular weight excluding hydrogens is 280 g/mol. The quantitative estimate of drug-likeness (QED) is 0.607. The van der Waals surface area contributed by atoms with Crippen LogP contribution in [0.3, 0.4) is 0 Å². The molecule has 0 fully saturated rings. The van der Waals surface area contributed by atoms with Gasteiger partial charge in [-0.2, -0.15) is 0 Å². The Morgan fingerprint density at radius 3 is 2.14 bits per heavy atom. The summed E-state index contributed by atoms with van der Waals surface area (Å²) in [6, 6.07) is 16.0. The normalized spacial score (nSPS) is 11.5. The molecule has 0 amide bonds. The van der Waals surface area contributed by atoms with Gasteiger partial charge in [-0.05, 0) is 17.7 Å². The molecule has 0 heterocycles. The van der Waals surface area contributed by atoms with Crippen molar-refractivity contribution in [3.8, 4) is 5.75 Å². The molecule has 1 atom stereocenters. The number of ether oxygens (including phenoxy) is 2. The van der Waals surface area contributed by atoms with E-state index in [9.17, 15) is 9.59 Å². The molecule has 0 saturated heterocycles. The van der Waals surface area contributed by atoms with Crippen molar-refractivity contribution in [3.05, 3.63) is 65.7 Å². The van der Waals surface area contributed by atoms with Gasteiger partial charge in [0.15, 0.2) is 5.78 Å². The van der Waals surface area contributed by atoms with Crippen molar-refractivity contribution in [1.82, 2.24) is 0 Å². The Balaban J connectivity index is 2.22. The minimum atomic E-state index is -0.622. The van der Waals surface area contributed by atoms with Crippen LogP contribution in [0, 0.1) is 0 Å². The number of esters is 1. The van der Waals surface area contributed by atoms with Crippen LogP contribution in [-0.4, -0.2) is 26.0 Å². The molecule has 0 saturated carbocycles. The van der Waals surface area contributed by atoms with Crippen molar-refractivity contribution in [2.75, 3.05) is 14.2 Å². The van der Waals surface area contributed by atoms with Crippen LogP contribution in [0.2, 0.25) is 0 Å². The minimum absolute atomic E-state index is 0.0724. The molecule has 22 heavy (non-hydrogen) atoms. The molecule has 0 aliphatic rings. The number of benzene rings is 2. The van der Waals surface area contributed by atoms with E-state index in [0.717, 1.165) is 5.56 Å². The van der Waals surface area contributed by atoms with Gasteiger partial charge in [0.05, 0.1) is 20.1 Å². The molecule has 0 radical (unpaired) electrons. The predicted molar refractivity (Wildman–Crippen MR) is 83.1 cm³/mol. The third kappa shape index (κ3) is 3.73. The van der Waals surface area contributed by atoms with Gasteiger partial charge in [0.1, 0.15) is 5.75 Å². The maximum Gasteiger partial charge on any atom is 0.313 e. The van der Waals surface area contributed by atoms with E-state index in [-0.39, 0.29) is 12.2 Å². The molecule has 0 aliphatic carbocycles. The number of hydrogen-bond acceptors (Lipinski definition) is 4. The molecular formula is C18H18O4. The molecule has 0 N–H and O–H groups in total. The fourth-order valence-corrected chi connectivity index (χ4v) is 2.24. The number of hydrogen-bond donors (Lipinski definition) is 0. The molecule has 2 aromatic rings. The highest BCUT2D eigenvalue weighted by molar-refractivity contribution is 5.99. The van der Waals surface area contributed by atoms with Crippen molar-refractivity contribution in [2.24, 2.45) is 0 Å². The first-order valence-corrected chi connectivity index (χ1v) is 6.95. The molecule has 2 rings (SSSR count). The van der Waals surface area contributed by atoms with Crippen LogP contribution in [0.25, 0.3) is 0 Å². The van der Waals surface area contributed by atoms with Gasteiger partial charge in [0.2, 0.25) is 0 Å². The van der Waals surface area contributed by atoms with Gasteiger partial charge in [-0.15, -0.1) is 0 Å². The zero-order valence-electron chi connectivity index (χ0n) is 12.6.